The molecule has 1 heterocycles. The summed E-state index contributed by atoms with van der Waals surface area (Å²) in [6, 6.07) is 5.23. The Kier molecular flexibility index (Phi) is 4.39. The summed E-state index contributed by atoms with van der Waals surface area (Å²) in [5, 5.41) is 23.1. The minimum atomic E-state index is -1.34. The van der Waals surface area contributed by atoms with E-state index in [1.165, 1.54) is 24.3 Å². The van der Waals surface area contributed by atoms with Crippen LogP contribution in [-0.4, -0.2) is 40.0 Å². The minimum absolute atomic E-state index is 0.115. The molecule has 1 aromatic carbocycles. The van der Waals surface area contributed by atoms with Gasteiger partial charge in [0.1, 0.15) is 11.8 Å². The van der Waals surface area contributed by atoms with Crippen LogP contribution in [-0.2, 0) is 0 Å². The molecule has 2 rings (SSSR count). The number of carboxylic acid groups (broad SMARTS) is 1. The molecule has 0 fully saturated rings. The van der Waals surface area contributed by atoms with Crippen molar-refractivity contribution in [2.24, 2.45) is 5.73 Å². The maximum atomic E-state index is 11.5. The summed E-state index contributed by atoms with van der Waals surface area (Å²) in [5.74, 6) is -1.34. The lowest BCUT2D eigenvalue weighted by atomic mass is 10.1. The van der Waals surface area contributed by atoms with Crippen LogP contribution in [0.15, 0.2) is 29.1 Å². The number of hydrogen-bond acceptors (Lipinski definition) is 5. The standard InChI is InChI=1S/C13H14N4O5/c14-10(18)5-15-13(22)16-7-1-2-9-6(3-7)4-8(12(20)21)11(19)17-9/h1-4,10,18H,5,14H2,(H,17,19)(H,20,21)(H2,15,16,22). The molecule has 2 aromatic rings. The Bertz CT molecular complexity index is 784. The third kappa shape index (κ3) is 3.59. The Morgan fingerprint density at radius 3 is 2.68 bits per heavy atom. The highest BCUT2D eigenvalue weighted by molar-refractivity contribution is 5.95. The SMILES string of the molecule is NC(O)CNC(=O)Nc1ccc2[nH]c(=O)c(C(=O)O)cc2c1. The zero-order valence-electron chi connectivity index (χ0n) is 11.3. The fourth-order valence-electron chi connectivity index (χ4n) is 1.82. The molecular weight excluding hydrogens is 292 g/mol. The second-order valence-corrected chi connectivity index (χ2v) is 4.52. The van der Waals surface area contributed by atoms with Crippen LogP contribution in [0.2, 0.25) is 0 Å². The highest BCUT2D eigenvalue weighted by atomic mass is 16.4. The molecule has 0 saturated heterocycles. The number of aromatic amines is 1. The molecule has 0 radical (unpaired) electrons. The number of fused-ring (bicyclic) bond motifs is 1. The van der Waals surface area contributed by atoms with E-state index in [2.05, 4.69) is 15.6 Å². The predicted octanol–water partition coefficient (Wildman–Crippen LogP) is -0.375. The number of carbonyl (C=O) groups excluding carboxylic acids is 1. The summed E-state index contributed by atoms with van der Waals surface area (Å²) in [4.78, 5) is 36.5. The molecule has 1 unspecified atom stereocenters. The van der Waals surface area contributed by atoms with E-state index in [-0.39, 0.29) is 12.1 Å². The van der Waals surface area contributed by atoms with Gasteiger partial charge >= 0.3 is 12.0 Å². The number of H-pyrrole nitrogens is 1. The van der Waals surface area contributed by atoms with Crippen molar-refractivity contribution < 1.29 is 19.8 Å². The monoisotopic (exact) mass is 306 g/mol. The number of hydrogen-bond donors (Lipinski definition) is 6. The summed E-state index contributed by atoms with van der Waals surface area (Å²) in [6.45, 7) is -0.115. The maximum absolute atomic E-state index is 11.5. The average Bonchev–Trinajstić information content (AvgIpc) is 2.44. The molecule has 9 nitrogen and oxygen atoms in total. The summed E-state index contributed by atoms with van der Waals surface area (Å²) in [5.41, 5.74) is 4.84. The number of aromatic carboxylic acids is 1. The number of rotatable bonds is 4. The van der Waals surface area contributed by atoms with Gasteiger partial charge in [-0.2, -0.15) is 0 Å². The smallest absolute Gasteiger partial charge is 0.341 e. The Labute approximate surface area is 123 Å². The molecule has 116 valence electrons. The summed E-state index contributed by atoms with van der Waals surface area (Å²) in [6.07, 6.45) is -1.16. The number of aromatic nitrogens is 1. The molecule has 1 atom stereocenters. The summed E-state index contributed by atoms with van der Waals surface area (Å²) >= 11 is 0. The van der Waals surface area contributed by atoms with Gasteiger partial charge in [-0.25, -0.2) is 9.59 Å². The fourth-order valence-corrected chi connectivity index (χ4v) is 1.82. The lowest BCUT2D eigenvalue weighted by molar-refractivity contribution is 0.0695. The maximum Gasteiger partial charge on any atom is 0.341 e. The van der Waals surface area contributed by atoms with E-state index >= 15 is 0 Å². The Hall–Kier alpha value is -2.91. The van der Waals surface area contributed by atoms with Crippen LogP contribution >= 0.6 is 0 Å². The Morgan fingerprint density at radius 1 is 1.32 bits per heavy atom. The highest BCUT2D eigenvalue weighted by Gasteiger charge is 2.10. The number of nitrogens with two attached hydrogens (primary N) is 1. The van der Waals surface area contributed by atoms with Gasteiger partial charge in [-0.3, -0.25) is 4.79 Å². The van der Waals surface area contributed by atoms with Crippen LogP contribution in [0.3, 0.4) is 0 Å². The average molecular weight is 306 g/mol. The number of carboxylic acids is 1. The van der Waals surface area contributed by atoms with Crippen LogP contribution in [0, 0.1) is 0 Å². The quantitative estimate of drug-likeness (QED) is 0.423. The lowest BCUT2D eigenvalue weighted by Crippen LogP contribution is -2.39. The number of amides is 2. The number of carbonyl (C=O) groups is 2. The molecule has 0 aliphatic rings. The first kappa shape index (κ1) is 15.5. The topological polar surface area (TPSA) is 158 Å². The number of benzene rings is 1. The zero-order valence-corrected chi connectivity index (χ0v) is 11.3. The van der Waals surface area contributed by atoms with Crippen LogP contribution < -0.4 is 21.9 Å². The van der Waals surface area contributed by atoms with Crippen molar-refractivity contribution in [1.82, 2.24) is 10.3 Å². The molecule has 0 aliphatic heterocycles. The number of aliphatic hydroxyl groups excluding tert-OH is 1. The summed E-state index contributed by atoms with van der Waals surface area (Å²) in [7, 11) is 0. The van der Waals surface area contributed by atoms with Gasteiger partial charge in [0.05, 0.1) is 6.54 Å². The van der Waals surface area contributed by atoms with Gasteiger partial charge in [0.15, 0.2) is 0 Å². The largest absolute Gasteiger partial charge is 0.477 e. The van der Waals surface area contributed by atoms with Crippen LogP contribution in [0.25, 0.3) is 10.9 Å². The van der Waals surface area contributed by atoms with E-state index in [4.69, 9.17) is 15.9 Å². The van der Waals surface area contributed by atoms with Gasteiger partial charge in [-0.05, 0) is 24.3 Å². The predicted molar refractivity (Wildman–Crippen MR) is 78.7 cm³/mol. The van der Waals surface area contributed by atoms with Crippen molar-refractivity contribution in [3.63, 3.8) is 0 Å². The van der Waals surface area contributed by atoms with E-state index in [9.17, 15) is 14.4 Å². The fraction of sp³-hybridized carbons (Fsp3) is 0.154. The van der Waals surface area contributed by atoms with Gasteiger partial charge in [0.25, 0.3) is 5.56 Å². The molecule has 0 aliphatic carbocycles. The van der Waals surface area contributed by atoms with Crippen LogP contribution in [0.1, 0.15) is 10.4 Å². The minimum Gasteiger partial charge on any atom is -0.477 e. The third-order valence-corrected chi connectivity index (χ3v) is 2.80. The molecule has 22 heavy (non-hydrogen) atoms. The molecule has 0 spiro atoms. The molecule has 2 amide bonds. The number of pyridine rings is 1. The van der Waals surface area contributed by atoms with Crippen molar-refractivity contribution in [2.45, 2.75) is 6.23 Å². The molecule has 1 aromatic heterocycles. The molecule has 7 N–H and O–H groups in total. The number of urea groups is 1. The number of aliphatic hydroxyl groups is 1. The molecular formula is C13H14N4O5. The van der Waals surface area contributed by atoms with Crippen molar-refractivity contribution in [3.05, 3.63) is 40.2 Å². The first-order chi connectivity index (χ1) is 10.4. The second-order valence-electron chi connectivity index (χ2n) is 4.52. The second kappa shape index (κ2) is 6.24. The van der Waals surface area contributed by atoms with Crippen LogP contribution in [0.5, 0.6) is 0 Å². The van der Waals surface area contributed by atoms with E-state index < -0.39 is 23.8 Å². The lowest BCUT2D eigenvalue weighted by Gasteiger charge is -2.09. The summed E-state index contributed by atoms with van der Waals surface area (Å²) < 4.78 is 0. The van der Waals surface area contributed by atoms with Crippen LogP contribution in [0.4, 0.5) is 10.5 Å². The van der Waals surface area contributed by atoms with Crippen molar-refractivity contribution in [1.29, 1.82) is 0 Å². The Balaban J connectivity index is 2.26. The molecule has 9 heteroatoms. The highest BCUT2D eigenvalue weighted by Crippen LogP contribution is 2.17. The van der Waals surface area contributed by atoms with Gasteiger partial charge in [-0.1, -0.05) is 0 Å². The van der Waals surface area contributed by atoms with Gasteiger partial charge < -0.3 is 31.6 Å². The van der Waals surface area contributed by atoms with Crippen molar-refractivity contribution in [3.8, 4) is 0 Å². The third-order valence-electron chi connectivity index (χ3n) is 2.80. The first-order valence-corrected chi connectivity index (χ1v) is 6.25. The molecule has 0 saturated carbocycles. The molecule has 0 bridgehead atoms. The zero-order chi connectivity index (χ0) is 16.3. The normalized spacial score (nSPS) is 11.9. The van der Waals surface area contributed by atoms with E-state index in [0.29, 0.717) is 16.6 Å². The van der Waals surface area contributed by atoms with Crippen molar-refractivity contribution >= 4 is 28.6 Å². The van der Waals surface area contributed by atoms with Gasteiger partial charge in [0.2, 0.25) is 0 Å². The number of nitrogens with one attached hydrogen (secondary N) is 3. The van der Waals surface area contributed by atoms with E-state index in [1.54, 1.807) is 0 Å². The van der Waals surface area contributed by atoms with Gasteiger partial charge in [-0.15, -0.1) is 0 Å². The number of anilines is 1. The first-order valence-electron chi connectivity index (χ1n) is 6.25. The van der Waals surface area contributed by atoms with E-state index in [0.717, 1.165) is 0 Å². The Morgan fingerprint density at radius 2 is 2.05 bits per heavy atom. The van der Waals surface area contributed by atoms with Crippen molar-refractivity contribution in [2.75, 3.05) is 11.9 Å². The van der Waals surface area contributed by atoms with Gasteiger partial charge in [0, 0.05) is 16.6 Å². The van der Waals surface area contributed by atoms with E-state index in [1.807, 2.05) is 0 Å².